The van der Waals surface area contributed by atoms with Crippen LogP contribution in [0.5, 0.6) is 0 Å². The van der Waals surface area contributed by atoms with E-state index in [2.05, 4.69) is 5.73 Å². The molecule has 0 heterocycles. The zero-order valence-electron chi connectivity index (χ0n) is 6.78. The maximum atomic E-state index is 9.32. The summed E-state index contributed by atoms with van der Waals surface area (Å²) in [6.45, 7) is 1.46. The zero-order chi connectivity index (χ0) is 8.97. The van der Waals surface area contributed by atoms with Gasteiger partial charge >= 0.3 is 0 Å². The number of rotatable bonds is 1. The predicted octanol–water partition coefficient (Wildman–Crippen LogP) is 2.65. The average Bonchev–Trinajstić information content (AvgIpc) is 2.05. The Balaban J connectivity index is 3.10. The first-order valence-corrected chi connectivity index (χ1v) is 3.61. The molecular formula is C10H10O2. The molecule has 0 radical (unpaired) electrons. The molecule has 2 heteroatoms. The molecule has 0 aliphatic carbocycles. The van der Waals surface area contributed by atoms with Crippen molar-refractivity contribution in [2.45, 2.75) is 6.92 Å². The fourth-order valence-corrected chi connectivity index (χ4v) is 0.840. The molecule has 0 fully saturated rings. The monoisotopic (exact) mass is 162 g/mol. The van der Waals surface area contributed by atoms with Crippen molar-refractivity contribution in [1.29, 1.82) is 0 Å². The van der Waals surface area contributed by atoms with Crippen LogP contribution in [0.15, 0.2) is 41.8 Å². The van der Waals surface area contributed by atoms with Gasteiger partial charge in [-0.15, -0.1) is 0 Å². The minimum absolute atomic E-state index is 0.0312. The van der Waals surface area contributed by atoms with Crippen LogP contribution in [0.25, 0.3) is 5.76 Å². The summed E-state index contributed by atoms with van der Waals surface area (Å²) >= 11 is 0. The number of allylic oxidation sites excluding steroid dienone is 1. The maximum Gasteiger partial charge on any atom is 0.169 e. The highest BCUT2D eigenvalue weighted by molar-refractivity contribution is 5.57. The summed E-state index contributed by atoms with van der Waals surface area (Å²) in [6.07, 6.45) is 0. The summed E-state index contributed by atoms with van der Waals surface area (Å²) in [5.41, 5.74) is 3.05. The van der Waals surface area contributed by atoms with Crippen LogP contribution in [0.4, 0.5) is 0 Å². The Morgan fingerprint density at radius 3 is 2.25 bits per heavy atom. The Hall–Kier alpha value is -1.66. The van der Waals surface area contributed by atoms with E-state index in [0.717, 1.165) is 0 Å². The van der Waals surface area contributed by atoms with Gasteiger partial charge in [0.25, 0.3) is 0 Å². The first kappa shape index (κ1) is 8.44. The normalized spacial score (nSPS) is 8.75. The van der Waals surface area contributed by atoms with Crippen LogP contribution in [0.2, 0.25) is 0 Å². The van der Waals surface area contributed by atoms with E-state index in [0.29, 0.717) is 5.56 Å². The first-order chi connectivity index (χ1) is 5.70. The number of aliphatic hydroxyl groups excluding tert-OH is 2. The lowest BCUT2D eigenvalue weighted by Crippen LogP contribution is -1.79. The zero-order valence-corrected chi connectivity index (χ0v) is 6.78. The molecule has 0 atom stereocenters. The quantitative estimate of drug-likeness (QED) is 0.492. The Kier molecular flexibility index (Phi) is 2.57. The van der Waals surface area contributed by atoms with Gasteiger partial charge in [-0.3, -0.25) is 0 Å². The minimum Gasteiger partial charge on any atom is -0.505 e. The third-order valence-corrected chi connectivity index (χ3v) is 1.35. The Labute approximate surface area is 71.1 Å². The van der Waals surface area contributed by atoms with Crippen LogP contribution in [0, 0.1) is 0 Å². The van der Waals surface area contributed by atoms with Crippen molar-refractivity contribution >= 4 is 5.76 Å². The van der Waals surface area contributed by atoms with Gasteiger partial charge in [-0.05, 0) is 5.73 Å². The molecule has 0 bridgehead atoms. The molecule has 0 spiro atoms. The fraction of sp³-hybridized carbons (Fsp3) is 0.100. The van der Waals surface area contributed by atoms with E-state index in [1.807, 2.05) is 6.07 Å². The van der Waals surface area contributed by atoms with Crippen LogP contribution in [0.3, 0.4) is 0 Å². The van der Waals surface area contributed by atoms with E-state index in [9.17, 15) is 5.11 Å². The van der Waals surface area contributed by atoms with Gasteiger partial charge in [0.2, 0.25) is 0 Å². The summed E-state index contributed by atoms with van der Waals surface area (Å²) in [7, 11) is 0. The van der Waals surface area contributed by atoms with E-state index in [-0.39, 0.29) is 11.5 Å². The van der Waals surface area contributed by atoms with Crippen molar-refractivity contribution in [3.63, 3.8) is 0 Å². The summed E-state index contributed by atoms with van der Waals surface area (Å²) in [5.74, 6) is -0.0769. The van der Waals surface area contributed by atoms with Gasteiger partial charge in [0, 0.05) is 12.5 Å². The van der Waals surface area contributed by atoms with E-state index in [1.54, 1.807) is 24.3 Å². The van der Waals surface area contributed by atoms with Crippen LogP contribution in [0.1, 0.15) is 12.5 Å². The van der Waals surface area contributed by atoms with Crippen molar-refractivity contribution in [3.8, 4) is 0 Å². The maximum absolute atomic E-state index is 9.32. The Morgan fingerprint density at radius 2 is 1.75 bits per heavy atom. The summed E-state index contributed by atoms with van der Waals surface area (Å²) in [4.78, 5) is 0. The second kappa shape index (κ2) is 3.65. The molecule has 0 amide bonds. The van der Waals surface area contributed by atoms with Gasteiger partial charge in [0.1, 0.15) is 5.76 Å². The first-order valence-electron chi connectivity index (χ1n) is 3.61. The molecule has 1 aromatic rings. The van der Waals surface area contributed by atoms with E-state index in [4.69, 9.17) is 5.11 Å². The largest absolute Gasteiger partial charge is 0.505 e. The highest BCUT2D eigenvalue weighted by atomic mass is 16.3. The minimum atomic E-state index is -0.0457. The topological polar surface area (TPSA) is 40.5 Å². The SMILES string of the molecule is CC(O)=C=C(O)c1ccccc1. The molecule has 0 aliphatic rings. The molecule has 0 aliphatic heterocycles. The second-order valence-corrected chi connectivity index (χ2v) is 2.43. The van der Waals surface area contributed by atoms with E-state index < -0.39 is 0 Å². The fourth-order valence-electron chi connectivity index (χ4n) is 0.840. The van der Waals surface area contributed by atoms with E-state index >= 15 is 0 Å². The highest BCUT2D eigenvalue weighted by Gasteiger charge is 1.94. The predicted molar refractivity (Wildman–Crippen MR) is 47.8 cm³/mol. The lowest BCUT2D eigenvalue weighted by atomic mass is 10.2. The Bertz CT molecular complexity index is 315. The molecular weight excluding hydrogens is 152 g/mol. The highest BCUT2D eigenvalue weighted by Crippen LogP contribution is 2.08. The van der Waals surface area contributed by atoms with Crippen molar-refractivity contribution in [2.75, 3.05) is 0 Å². The van der Waals surface area contributed by atoms with Gasteiger partial charge in [0.05, 0.1) is 0 Å². The molecule has 0 unspecified atom stereocenters. The molecule has 0 saturated heterocycles. The van der Waals surface area contributed by atoms with Crippen molar-refractivity contribution in [3.05, 3.63) is 47.4 Å². The van der Waals surface area contributed by atoms with Crippen molar-refractivity contribution < 1.29 is 10.2 Å². The van der Waals surface area contributed by atoms with Crippen LogP contribution >= 0.6 is 0 Å². The van der Waals surface area contributed by atoms with Crippen molar-refractivity contribution in [1.82, 2.24) is 0 Å². The molecule has 2 nitrogen and oxygen atoms in total. The summed E-state index contributed by atoms with van der Waals surface area (Å²) < 4.78 is 0. The lowest BCUT2D eigenvalue weighted by Gasteiger charge is -1.94. The summed E-state index contributed by atoms with van der Waals surface area (Å²) in [6, 6.07) is 8.95. The molecule has 62 valence electrons. The number of hydrogen-bond donors (Lipinski definition) is 2. The second-order valence-electron chi connectivity index (χ2n) is 2.43. The van der Waals surface area contributed by atoms with Crippen LogP contribution < -0.4 is 0 Å². The number of hydrogen-bond acceptors (Lipinski definition) is 2. The molecule has 1 aromatic carbocycles. The molecule has 2 N–H and O–H groups in total. The molecule has 0 saturated carbocycles. The van der Waals surface area contributed by atoms with Gasteiger partial charge < -0.3 is 10.2 Å². The smallest absolute Gasteiger partial charge is 0.169 e. The number of aliphatic hydroxyl groups is 2. The van der Waals surface area contributed by atoms with Gasteiger partial charge in [-0.1, -0.05) is 30.3 Å². The molecule has 1 rings (SSSR count). The summed E-state index contributed by atoms with van der Waals surface area (Å²) in [5, 5.41) is 18.1. The molecule has 12 heavy (non-hydrogen) atoms. The number of benzene rings is 1. The van der Waals surface area contributed by atoms with Gasteiger partial charge in [0.15, 0.2) is 5.76 Å². The average molecular weight is 162 g/mol. The van der Waals surface area contributed by atoms with Crippen LogP contribution in [-0.4, -0.2) is 10.2 Å². The van der Waals surface area contributed by atoms with E-state index in [1.165, 1.54) is 6.92 Å². The van der Waals surface area contributed by atoms with Crippen LogP contribution in [-0.2, 0) is 0 Å². The Morgan fingerprint density at radius 1 is 1.17 bits per heavy atom. The van der Waals surface area contributed by atoms with Gasteiger partial charge in [-0.2, -0.15) is 0 Å². The standard InChI is InChI=1S/C10H10O2/c1-8(11)7-10(12)9-5-3-2-4-6-9/h2-6,11-12H,1H3. The van der Waals surface area contributed by atoms with Crippen molar-refractivity contribution in [2.24, 2.45) is 0 Å². The third kappa shape index (κ3) is 2.19. The third-order valence-electron chi connectivity index (χ3n) is 1.35. The molecule has 0 aromatic heterocycles. The van der Waals surface area contributed by atoms with Gasteiger partial charge in [-0.25, -0.2) is 0 Å². The lowest BCUT2D eigenvalue weighted by molar-refractivity contribution is 0.413.